The number of morpholine rings is 1. The molecule has 1 aliphatic rings. The molecule has 3 amide bonds. The lowest BCUT2D eigenvalue weighted by molar-refractivity contribution is -0.123. The molecule has 1 aliphatic heterocycles. The van der Waals surface area contributed by atoms with Gasteiger partial charge in [-0.1, -0.05) is 24.3 Å². The summed E-state index contributed by atoms with van der Waals surface area (Å²) in [4.78, 5) is 27.8. The summed E-state index contributed by atoms with van der Waals surface area (Å²) >= 11 is 0. The third-order valence-electron chi connectivity index (χ3n) is 5.79. The fourth-order valence-electron chi connectivity index (χ4n) is 3.74. The summed E-state index contributed by atoms with van der Waals surface area (Å²) in [5.41, 5.74) is 10.6. The van der Waals surface area contributed by atoms with E-state index in [0.717, 1.165) is 5.41 Å². The van der Waals surface area contributed by atoms with Crippen molar-refractivity contribution in [2.45, 2.75) is 42.7 Å². The Morgan fingerprint density at radius 1 is 0.951 bits per heavy atom. The number of ether oxygens (including phenoxy) is 1. The highest BCUT2D eigenvalue weighted by molar-refractivity contribution is 8.93. The maximum atomic E-state index is 13.3. The van der Waals surface area contributed by atoms with Crippen molar-refractivity contribution in [3.05, 3.63) is 41.8 Å². The monoisotopic (exact) mass is 725 g/mol. The molecule has 0 radical (unpaired) electrons. The van der Waals surface area contributed by atoms with Crippen molar-refractivity contribution in [2.24, 2.45) is 11.5 Å². The van der Waals surface area contributed by atoms with Crippen LogP contribution < -0.4 is 32.7 Å². The van der Waals surface area contributed by atoms with E-state index in [1.807, 2.05) is 0 Å². The number of carbonyl (C=O) groups is 2. The van der Waals surface area contributed by atoms with Gasteiger partial charge in [0.1, 0.15) is 6.04 Å². The fraction of sp³-hybridized carbons (Fsp3) is 0.500. The maximum Gasteiger partial charge on any atom is 0.318 e. The molecule has 1 saturated heterocycles. The van der Waals surface area contributed by atoms with E-state index in [9.17, 15) is 18.0 Å². The fourth-order valence-corrected chi connectivity index (χ4v) is 4.83. The van der Waals surface area contributed by atoms with Crippen molar-refractivity contribution in [3.8, 4) is 0 Å². The lowest BCUT2D eigenvalue weighted by Gasteiger charge is -2.29. The molecular weight excluding hydrogens is 686 g/mol. The Labute approximate surface area is 261 Å². The van der Waals surface area contributed by atoms with Crippen molar-refractivity contribution >= 4 is 67.7 Å². The molecule has 1 aromatic rings. The quantitative estimate of drug-likeness (QED) is 0.0760. The molecule has 1 heterocycles. The first-order chi connectivity index (χ1) is 18.6. The molecule has 10 N–H and O–H groups in total. The highest BCUT2D eigenvalue weighted by atomic mass is 79.9. The van der Waals surface area contributed by atoms with Gasteiger partial charge in [0.2, 0.25) is 5.91 Å². The lowest BCUT2D eigenvalue weighted by Crippen LogP contribution is -2.54. The van der Waals surface area contributed by atoms with Gasteiger partial charge in [-0.2, -0.15) is 0 Å². The highest BCUT2D eigenvalue weighted by Gasteiger charge is 2.26. The summed E-state index contributed by atoms with van der Waals surface area (Å²) in [6.07, 6.45) is 2.93. The number of halogens is 2. The van der Waals surface area contributed by atoms with Gasteiger partial charge in [0, 0.05) is 37.6 Å². The number of urea groups is 1. The molecule has 41 heavy (non-hydrogen) atoms. The SMILES string of the molecule is Br.Br.N=C(N)NCCC[C@@H](/C=C/S(=O)(=O)c1ccccc1)NC(=O)[C@H](CCCNC(=N)N)NC(=O)N1CCOCC1. The molecule has 0 aromatic heterocycles. The molecule has 0 saturated carbocycles. The topological polar surface area (TPSA) is 229 Å². The molecule has 14 nitrogen and oxygen atoms in total. The van der Waals surface area contributed by atoms with E-state index >= 15 is 0 Å². The second kappa shape index (κ2) is 20.1. The number of guanidine groups is 2. The Kier molecular flexibility index (Phi) is 18.6. The third-order valence-corrected chi connectivity index (χ3v) is 7.24. The van der Waals surface area contributed by atoms with Crippen LogP contribution in [0.1, 0.15) is 25.7 Å². The van der Waals surface area contributed by atoms with Crippen LogP contribution in [0.25, 0.3) is 0 Å². The molecule has 0 unspecified atom stereocenters. The van der Waals surface area contributed by atoms with Gasteiger partial charge in [-0.15, -0.1) is 34.0 Å². The summed E-state index contributed by atoms with van der Waals surface area (Å²) in [5.74, 6) is -0.870. The van der Waals surface area contributed by atoms with E-state index in [0.29, 0.717) is 58.7 Å². The van der Waals surface area contributed by atoms with Crippen molar-refractivity contribution < 1.29 is 22.7 Å². The normalized spacial score (nSPS) is 14.5. The number of carbonyl (C=O) groups excluding carboxylic acids is 2. The van der Waals surface area contributed by atoms with Crippen molar-refractivity contribution in [3.63, 3.8) is 0 Å². The minimum atomic E-state index is -3.74. The predicted octanol–water partition coefficient (Wildman–Crippen LogP) is 0.552. The van der Waals surface area contributed by atoms with Crippen LogP contribution in [-0.4, -0.2) is 88.7 Å². The average molecular weight is 728 g/mol. The summed E-state index contributed by atoms with van der Waals surface area (Å²) in [6.45, 7) is 2.31. The Hall–Kier alpha value is -2.89. The number of nitrogens with one attached hydrogen (secondary N) is 6. The summed E-state index contributed by atoms with van der Waals surface area (Å²) in [7, 11) is -3.74. The molecule has 0 aliphatic carbocycles. The molecule has 0 bridgehead atoms. The van der Waals surface area contributed by atoms with Crippen LogP contribution in [0.15, 0.2) is 46.7 Å². The van der Waals surface area contributed by atoms with Crippen molar-refractivity contribution in [1.29, 1.82) is 10.8 Å². The highest BCUT2D eigenvalue weighted by Crippen LogP contribution is 2.13. The van der Waals surface area contributed by atoms with E-state index in [2.05, 4.69) is 21.3 Å². The van der Waals surface area contributed by atoms with Crippen molar-refractivity contribution in [1.82, 2.24) is 26.2 Å². The zero-order valence-electron chi connectivity index (χ0n) is 22.6. The number of hydrogen-bond acceptors (Lipinski definition) is 7. The van der Waals surface area contributed by atoms with Crippen LogP contribution in [0, 0.1) is 10.8 Å². The number of benzene rings is 1. The first-order valence-corrected chi connectivity index (χ1v) is 14.2. The summed E-state index contributed by atoms with van der Waals surface area (Å²) in [6, 6.07) is 5.93. The van der Waals surface area contributed by atoms with Gasteiger partial charge >= 0.3 is 6.03 Å². The van der Waals surface area contributed by atoms with Gasteiger partial charge in [0.15, 0.2) is 21.8 Å². The molecular formula is C24H41Br2N9O5S. The maximum absolute atomic E-state index is 13.3. The molecule has 1 aromatic carbocycles. The smallest absolute Gasteiger partial charge is 0.318 e. The van der Waals surface area contributed by atoms with E-state index in [1.54, 1.807) is 23.1 Å². The number of rotatable bonds is 14. The Morgan fingerprint density at radius 3 is 2.07 bits per heavy atom. The second-order valence-electron chi connectivity index (χ2n) is 8.87. The van der Waals surface area contributed by atoms with E-state index < -0.39 is 33.9 Å². The molecule has 2 rings (SSSR count). The number of amides is 3. The van der Waals surface area contributed by atoms with Crippen LogP contribution >= 0.6 is 34.0 Å². The minimum absolute atomic E-state index is 0. The lowest BCUT2D eigenvalue weighted by atomic mass is 10.1. The molecule has 17 heteroatoms. The zero-order valence-corrected chi connectivity index (χ0v) is 26.9. The van der Waals surface area contributed by atoms with E-state index in [-0.39, 0.29) is 57.2 Å². The number of nitrogens with zero attached hydrogens (tertiary/aromatic N) is 1. The molecule has 0 spiro atoms. The number of sulfone groups is 1. The van der Waals surface area contributed by atoms with Crippen LogP contribution in [-0.2, 0) is 19.4 Å². The Bertz CT molecular complexity index is 1100. The number of hydrogen-bond donors (Lipinski definition) is 8. The first-order valence-electron chi connectivity index (χ1n) is 12.7. The van der Waals surface area contributed by atoms with Crippen LogP contribution in [0.4, 0.5) is 4.79 Å². The standard InChI is InChI=1S/C24H39N9O5S.2BrH/c25-22(26)29-11-4-6-18(10-17-39(36,37)19-7-2-1-3-8-19)31-21(34)20(9-5-12-30-23(27)28)32-24(35)33-13-15-38-16-14-33;;/h1-3,7-8,10,17-18,20H,4-6,9,11-16H2,(H,31,34)(H,32,35)(H4,25,26,29)(H4,27,28,30);2*1H/b17-10+;;/t18-,20-;;/m0../s1. The van der Waals surface area contributed by atoms with Gasteiger partial charge in [0.05, 0.1) is 18.1 Å². The number of nitrogens with two attached hydrogens (primary N) is 2. The van der Waals surface area contributed by atoms with Crippen LogP contribution in [0.5, 0.6) is 0 Å². The molecule has 232 valence electrons. The largest absolute Gasteiger partial charge is 0.378 e. The molecule has 2 atom stereocenters. The van der Waals surface area contributed by atoms with Gasteiger partial charge in [-0.25, -0.2) is 13.2 Å². The van der Waals surface area contributed by atoms with Crippen molar-refractivity contribution in [2.75, 3.05) is 39.4 Å². The van der Waals surface area contributed by atoms with Gasteiger partial charge in [-0.05, 0) is 37.8 Å². The Balaban J connectivity index is 0.00000800. The van der Waals surface area contributed by atoms with Gasteiger partial charge in [-0.3, -0.25) is 15.6 Å². The summed E-state index contributed by atoms with van der Waals surface area (Å²) in [5, 5.41) is 26.6. The third kappa shape index (κ3) is 15.1. The van der Waals surface area contributed by atoms with Gasteiger partial charge < -0.3 is 42.4 Å². The van der Waals surface area contributed by atoms with Gasteiger partial charge in [0.25, 0.3) is 0 Å². The average Bonchev–Trinajstić information content (AvgIpc) is 2.91. The van der Waals surface area contributed by atoms with Crippen LogP contribution in [0.3, 0.4) is 0 Å². The second-order valence-corrected chi connectivity index (χ2v) is 10.7. The predicted molar refractivity (Wildman–Crippen MR) is 168 cm³/mol. The van der Waals surface area contributed by atoms with Crippen LogP contribution in [0.2, 0.25) is 0 Å². The van der Waals surface area contributed by atoms with E-state index in [4.69, 9.17) is 27.0 Å². The minimum Gasteiger partial charge on any atom is -0.378 e. The molecule has 1 fully saturated rings. The van der Waals surface area contributed by atoms with E-state index in [1.165, 1.54) is 18.2 Å². The zero-order chi connectivity index (χ0) is 28.7. The summed E-state index contributed by atoms with van der Waals surface area (Å²) < 4.78 is 30.8. The Morgan fingerprint density at radius 2 is 1.51 bits per heavy atom. The first kappa shape index (κ1) is 38.1.